The van der Waals surface area contributed by atoms with Crippen molar-refractivity contribution >= 4 is 17.8 Å². The Morgan fingerprint density at radius 1 is 1.28 bits per heavy atom. The number of carboxylic acids is 1. The van der Waals surface area contributed by atoms with E-state index in [0.29, 0.717) is 0 Å². The van der Waals surface area contributed by atoms with Crippen LogP contribution in [-0.4, -0.2) is 35.0 Å². The van der Waals surface area contributed by atoms with Gasteiger partial charge in [-0.2, -0.15) is 0 Å². The number of carbonyl (C=O) groups excluding carboxylic acids is 2. The Balaban J connectivity index is 5.04. The summed E-state index contributed by atoms with van der Waals surface area (Å²) < 4.78 is 0. The standard InChI is InChI=1S/C12H16N2O4/c1-4-6-12(11(17)18,14-10(3)16)7-5-8-13-9(2)15/h5,7H,8H2,1-3H3,(H,13,15)(H,14,16)(H,17,18). The van der Waals surface area contributed by atoms with E-state index in [2.05, 4.69) is 22.5 Å². The quantitative estimate of drug-likeness (QED) is 0.461. The van der Waals surface area contributed by atoms with Gasteiger partial charge in [-0.15, -0.1) is 5.92 Å². The minimum Gasteiger partial charge on any atom is -0.479 e. The average Bonchev–Trinajstić information content (AvgIpc) is 2.23. The van der Waals surface area contributed by atoms with Crippen LogP contribution in [0.4, 0.5) is 0 Å². The fraction of sp³-hybridized carbons (Fsp3) is 0.417. The number of amides is 2. The van der Waals surface area contributed by atoms with Crippen molar-refractivity contribution in [1.82, 2.24) is 10.6 Å². The molecule has 0 saturated carbocycles. The second-order valence-corrected chi connectivity index (χ2v) is 3.51. The molecular formula is C12H16N2O4. The van der Waals surface area contributed by atoms with Gasteiger partial charge in [0.05, 0.1) is 0 Å². The SMILES string of the molecule is CC#CC(C=CCNC(C)=O)(NC(C)=O)C(=O)O. The number of carboxylic acid groups (broad SMARTS) is 1. The van der Waals surface area contributed by atoms with Gasteiger partial charge in [0.15, 0.2) is 0 Å². The van der Waals surface area contributed by atoms with Crippen LogP contribution in [0, 0.1) is 11.8 Å². The first-order chi connectivity index (χ1) is 8.34. The lowest BCUT2D eigenvalue weighted by atomic mass is 9.99. The summed E-state index contributed by atoms with van der Waals surface area (Å²) in [5.41, 5.74) is -1.76. The van der Waals surface area contributed by atoms with E-state index in [9.17, 15) is 14.4 Å². The Hall–Kier alpha value is -2.29. The van der Waals surface area contributed by atoms with Gasteiger partial charge >= 0.3 is 5.97 Å². The molecule has 2 amide bonds. The highest BCUT2D eigenvalue weighted by atomic mass is 16.4. The molecule has 0 aliphatic heterocycles. The van der Waals surface area contributed by atoms with Crippen LogP contribution in [0.1, 0.15) is 20.8 Å². The number of aliphatic carboxylic acids is 1. The van der Waals surface area contributed by atoms with Gasteiger partial charge < -0.3 is 15.7 Å². The van der Waals surface area contributed by atoms with Gasteiger partial charge in [0, 0.05) is 20.4 Å². The van der Waals surface area contributed by atoms with Crippen molar-refractivity contribution in [3.05, 3.63) is 12.2 Å². The maximum Gasteiger partial charge on any atom is 0.346 e. The summed E-state index contributed by atoms with van der Waals surface area (Å²) in [6.07, 6.45) is 2.67. The molecule has 18 heavy (non-hydrogen) atoms. The molecule has 0 aliphatic rings. The lowest BCUT2D eigenvalue weighted by Gasteiger charge is -2.20. The second kappa shape index (κ2) is 7.12. The van der Waals surface area contributed by atoms with E-state index in [1.165, 1.54) is 32.9 Å². The molecule has 0 spiro atoms. The van der Waals surface area contributed by atoms with E-state index in [1.54, 1.807) is 0 Å². The highest BCUT2D eigenvalue weighted by Crippen LogP contribution is 2.06. The number of rotatable bonds is 5. The fourth-order valence-electron chi connectivity index (χ4n) is 1.21. The third-order valence-corrected chi connectivity index (χ3v) is 1.87. The maximum absolute atomic E-state index is 11.2. The molecule has 0 aliphatic carbocycles. The van der Waals surface area contributed by atoms with Gasteiger partial charge in [-0.05, 0) is 13.0 Å². The van der Waals surface area contributed by atoms with Gasteiger partial charge in [-0.3, -0.25) is 9.59 Å². The summed E-state index contributed by atoms with van der Waals surface area (Å²) in [6, 6.07) is 0. The van der Waals surface area contributed by atoms with Gasteiger partial charge in [-0.25, -0.2) is 4.79 Å². The van der Waals surface area contributed by atoms with Crippen molar-refractivity contribution in [2.75, 3.05) is 6.54 Å². The summed E-state index contributed by atoms with van der Waals surface area (Å²) >= 11 is 0. The zero-order valence-corrected chi connectivity index (χ0v) is 10.5. The van der Waals surface area contributed by atoms with Gasteiger partial charge in [0.2, 0.25) is 17.4 Å². The Bertz CT molecular complexity index is 431. The zero-order valence-electron chi connectivity index (χ0n) is 10.5. The van der Waals surface area contributed by atoms with Crippen LogP contribution in [-0.2, 0) is 14.4 Å². The van der Waals surface area contributed by atoms with Crippen molar-refractivity contribution < 1.29 is 19.5 Å². The van der Waals surface area contributed by atoms with Gasteiger partial charge in [0.25, 0.3) is 0 Å². The van der Waals surface area contributed by atoms with Gasteiger partial charge in [-0.1, -0.05) is 12.0 Å². The van der Waals surface area contributed by atoms with Crippen LogP contribution in [0.25, 0.3) is 0 Å². The van der Waals surface area contributed by atoms with Crippen molar-refractivity contribution in [3.8, 4) is 11.8 Å². The molecular weight excluding hydrogens is 236 g/mol. The molecule has 0 aromatic carbocycles. The monoisotopic (exact) mass is 252 g/mol. The normalized spacial score (nSPS) is 13.1. The summed E-state index contributed by atoms with van der Waals surface area (Å²) in [6.45, 7) is 4.19. The zero-order chi connectivity index (χ0) is 14.2. The minimum absolute atomic E-state index is 0.162. The Morgan fingerprint density at radius 2 is 1.89 bits per heavy atom. The van der Waals surface area contributed by atoms with Crippen LogP contribution in [0.15, 0.2) is 12.2 Å². The first kappa shape index (κ1) is 15.7. The topological polar surface area (TPSA) is 95.5 Å². The minimum atomic E-state index is -1.76. The third kappa shape index (κ3) is 5.16. The molecule has 0 heterocycles. The van der Waals surface area contributed by atoms with E-state index >= 15 is 0 Å². The number of carbonyl (C=O) groups is 3. The summed E-state index contributed by atoms with van der Waals surface area (Å²) in [5.74, 6) is 2.86. The van der Waals surface area contributed by atoms with E-state index < -0.39 is 17.4 Å². The number of nitrogens with one attached hydrogen (secondary N) is 2. The first-order valence-electron chi connectivity index (χ1n) is 5.22. The largest absolute Gasteiger partial charge is 0.479 e. The molecule has 0 radical (unpaired) electrons. The van der Waals surface area contributed by atoms with Crippen molar-refractivity contribution in [2.45, 2.75) is 26.3 Å². The summed E-state index contributed by atoms with van der Waals surface area (Å²) in [5, 5.41) is 13.9. The van der Waals surface area contributed by atoms with Crippen molar-refractivity contribution in [3.63, 3.8) is 0 Å². The first-order valence-corrected chi connectivity index (χ1v) is 5.22. The number of hydrogen-bond acceptors (Lipinski definition) is 3. The molecule has 0 rings (SSSR count). The molecule has 1 unspecified atom stereocenters. The van der Waals surface area contributed by atoms with Gasteiger partial charge in [0.1, 0.15) is 0 Å². The highest BCUT2D eigenvalue weighted by molar-refractivity contribution is 5.91. The van der Waals surface area contributed by atoms with E-state index in [4.69, 9.17) is 5.11 Å². The number of hydrogen-bond donors (Lipinski definition) is 3. The van der Waals surface area contributed by atoms with E-state index in [0.717, 1.165) is 0 Å². The van der Waals surface area contributed by atoms with E-state index in [-0.39, 0.29) is 12.5 Å². The highest BCUT2D eigenvalue weighted by Gasteiger charge is 2.34. The molecule has 3 N–H and O–H groups in total. The van der Waals surface area contributed by atoms with Crippen LogP contribution in [0.2, 0.25) is 0 Å². The molecule has 0 aromatic rings. The molecule has 0 fully saturated rings. The predicted molar refractivity (Wildman–Crippen MR) is 65.5 cm³/mol. The molecule has 0 bridgehead atoms. The molecule has 6 heteroatoms. The Kier molecular flexibility index (Phi) is 6.21. The van der Waals surface area contributed by atoms with E-state index in [1.807, 2.05) is 0 Å². The summed E-state index contributed by atoms with van der Waals surface area (Å²) in [4.78, 5) is 32.9. The lowest BCUT2D eigenvalue weighted by Crippen LogP contribution is -2.51. The molecule has 6 nitrogen and oxygen atoms in total. The molecule has 0 aromatic heterocycles. The molecule has 98 valence electrons. The fourth-order valence-corrected chi connectivity index (χ4v) is 1.21. The Morgan fingerprint density at radius 3 is 2.28 bits per heavy atom. The van der Waals surface area contributed by atoms with Crippen LogP contribution < -0.4 is 10.6 Å². The predicted octanol–water partition coefficient (Wildman–Crippen LogP) is -0.338. The smallest absolute Gasteiger partial charge is 0.346 e. The Labute approximate surface area is 105 Å². The van der Waals surface area contributed by atoms with Crippen molar-refractivity contribution in [1.29, 1.82) is 0 Å². The third-order valence-electron chi connectivity index (χ3n) is 1.87. The molecule has 1 atom stereocenters. The second-order valence-electron chi connectivity index (χ2n) is 3.51. The maximum atomic E-state index is 11.2. The summed E-state index contributed by atoms with van der Waals surface area (Å²) in [7, 11) is 0. The lowest BCUT2D eigenvalue weighted by molar-refractivity contribution is -0.142. The average molecular weight is 252 g/mol. The van der Waals surface area contributed by atoms with Crippen LogP contribution in [0.3, 0.4) is 0 Å². The molecule has 0 saturated heterocycles. The van der Waals surface area contributed by atoms with Crippen LogP contribution in [0.5, 0.6) is 0 Å². The van der Waals surface area contributed by atoms with Crippen molar-refractivity contribution in [2.24, 2.45) is 0 Å². The van der Waals surface area contributed by atoms with Crippen LogP contribution >= 0.6 is 0 Å².